The van der Waals surface area contributed by atoms with Gasteiger partial charge in [0.05, 0.1) is 16.5 Å². The third-order valence-corrected chi connectivity index (χ3v) is 3.65. The van der Waals surface area contributed by atoms with Gasteiger partial charge in [-0.15, -0.1) is 0 Å². The van der Waals surface area contributed by atoms with Gasteiger partial charge in [0.2, 0.25) is 0 Å². The van der Waals surface area contributed by atoms with Crippen LogP contribution in [0, 0.1) is 15.9 Å². The highest BCUT2D eigenvalue weighted by Crippen LogP contribution is 2.37. The van der Waals surface area contributed by atoms with E-state index in [4.69, 9.17) is 21.8 Å². The molecular formula is C15H10ClFN2O3. The number of hydrogen-bond donors (Lipinski definition) is 1. The van der Waals surface area contributed by atoms with E-state index in [1.54, 1.807) is 12.1 Å². The number of furan rings is 1. The molecule has 1 heterocycles. The lowest BCUT2D eigenvalue weighted by Crippen LogP contribution is -1.96. The average Bonchev–Trinajstić information content (AvgIpc) is 2.85. The summed E-state index contributed by atoms with van der Waals surface area (Å²) in [5.41, 5.74) is 7.34. The van der Waals surface area contributed by atoms with Gasteiger partial charge in [0.25, 0.3) is 5.69 Å². The van der Waals surface area contributed by atoms with Crippen LogP contribution in [-0.2, 0) is 6.54 Å². The van der Waals surface area contributed by atoms with E-state index in [2.05, 4.69) is 0 Å². The maximum atomic E-state index is 13.7. The molecule has 0 fully saturated rings. The Morgan fingerprint density at radius 3 is 2.55 bits per heavy atom. The fraction of sp³-hybridized carbons (Fsp3) is 0.0667. The van der Waals surface area contributed by atoms with Crippen molar-refractivity contribution in [1.29, 1.82) is 0 Å². The topological polar surface area (TPSA) is 82.3 Å². The summed E-state index contributed by atoms with van der Waals surface area (Å²) in [6.07, 6.45) is 0. The SMILES string of the molecule is NCc1oc2cc(Cl)c(F)cc2c1-c1ccc([N+](=O)[O-])cc1. The summed E-state index contributed by atoms with van der Waals surface area (Å²) in [6.45, 7) is 0.111. The third-order valence-electron chi connectivity index (χ3n) is 3.36. The van der Waals surface area contributed by atoms with Gasteiger partial charge < -0.3 is 10.2 Å². The minimum atomic E-state index is -0.568. The molecule has 112 valence electrons. The molecule has 3 aromatic rings. The molecule has 0 aliphatic rings. The number of nitro benzene ring substituents is 1. The van der Waals surface area contributed by atoms with E-state index in [1.807, 2.05) is 0 Å². The number of nitrogens with zero attached hydrogens (tertiary/aromatic N) is 1. The Hall–Kier alpha value is -2.44. The fourth-order valence-electron chi connectivity index (χ4n) is 2.35. The van der Waals surface area contributed by atoms with Crippen LogP contribution in [0.25, 0.3) is 22.1 Å². The molecule has 0 aliphatic heterocycles. The molecule has 0 saturated carbocycles. The number of hydrogen-bond acceptors (Lipinski definition) is 4. The fourth-order valence-corrected chi connectivity index (χ4v) is 2.51. The first kappa shape index (κ1) is 14.5. The Morgan fingerprint density at radius 2 is 1.95 bits per heavy atom. The first-order chi connectivity index (χ1) is 10.5. The summed E-state index contributed by atoms with van der Waals surface area (Å²) in [7, 11) is 0. The van der Waals surface area contributed by atoms with Crippen molar-refractivity contribution in [2.75, 3.05) is 0 Å². The number of benzene rings is 2. The van der Waals surface area contributed by atoms with Crippen molar-refractivity contribution in [2.45, 2.75) is 6.54 Å². The number of nitrogens with two attached hydrogens (primary N) is 1. The first-order valence-corrected chi connectivity index (χ1v) is 6.74. The van der Waals surface area contributed by atoms with Crippen LogP contribution < -0.4 is 5.73 Å². The quantitative estimate of drug-likeness (QED) is 0.577. The average molecular weight is 321 g/mol. The zero-order valence-electron chi connectivity index (χ0n) is 11.2. The van der Waals surface area contributed by atoms with Crippen molar-refractivity contribution >= 4 is 28.3 Å². The van der Waals surface area contributed by atoms with Gasteiger partial charge >= 0.3 is 0 Å². The molecule has 1 aromatic heterocycles. The summed E-state index contributed by atoms with van der Waals surface area (Å²) >= 11 is 5.75. The second-order valence-electron chi connectivity index (χ2n) is 4.67. The molecule has 2 aromatic carbocycles. The van der Waals surface area contributed by atoms with Gasteiger partial charge in [-0.3, -0.25) is 10.1 Å². The van der Waals surface area contributed by atoms with E-state index in [0.717, 1.165) is 0 Å². The molecule has 22 heavy (non-hydrogen) atoms. The highest BCUT2D eigenvalue weighted by atomic mass is 35.5. The molecule has 0 bridgehead atoms. The van der Waals surface area contributed by atoms with Crippen LogP contribution in [0.15, 0.2) is 40.8 Å². The zero-order valence-corrected chi connectivity index (χ0v) is 11.9. The lowest BCUT2D eigenvalue weighted by Gasteiger charge is -2.02. The van der Waals surface area contributed by atoms with Gasteiger partial charge in [-0.05, 0) is 23.8 Å². The molecule has 5 nitrogen and oxygen atoms in total. The molecule has 7 heteroatoms. The zero-order chi connectivity index (χ0) is 15.9. The maximum Gasteiger partial charge on any atom is 0.269 e. The molecule has 0 saturated heterocycles. The van der Waals surface area contributed by atoms with E-state index in [1.165, 1.54) is 24.3 Å². The van der Waals surface area contributed by atoms with Crippen LogP contribution >= 0.6 is 11.6 Å². The van der Waals surface area contributed by atoms with Crippen LogP contribution in [0.3, 0.4) is 0 Å². The number of non-ortho nitro benzene ring substituents is 1. The van der Waals surface area contributed by atoms with Gasteiger partial charge in [0.1, 0.15) is 17.2 Å². The van der Waals surface area contributed by atoms with Crippen molar-refractivity contribution in [1.82, 2.24) is 0 Å². The Bertz CT molecular complexity index is 875. The lowest BCUT2D eigenvalue weighted by molar-refractivity contribution is -0.384. The van der Waals surface area contributed by atoms with E-state index in [-0.39, 0.29) is 17.3 Å². The van der Waals surface area contributed by atoms with Gasteiger partial charge in [-0.25, -0.2) is 4.39 Å². The van der Waals surface area contributed by atoms with Crippen LogP contribution in [0.2, 0.25) is 5.02 Å². The minimum Gasteiger partial charge on any atom is -0.459 e. The number of halogens is 2. The monoisotopic (exact) mass is 320 g/mol. The van der Waals surface area contributed by atoms with Crippen LogP contribution in [0.5, 0.6) is 0 Å². The normalized spacial score (nSPS) is 11.0. The van der Waals surface area contributed by atoms with Crippen molar-refractivity contribution in [3.63, 3.8) is 0 Å². The molecule has 0 radical (unpaired) electrons. The van der Waals surface area contributed by atoms with Crippen LogP contribution in [-0.4, -0.2) is 4.92 Å². The van der Waals surface area contributed by atoms with E-state index < -0.39 is 10.7 Å². The van der Waals surface area contributed by atoms with Gasteiger partial charge in [-0.2, -0.15) is 0 Å². The number of fused-ring (bicyclic) bond motifs is 1. The molecule has 0 unspecified atom stereocenters. The Labute approximate surface area is 129 Å². The predicted molar refractivity (Wildman–Crippen MR) is 81.2 cm³/mol. The number of rotatable bonds is 3. The van der Waals surface area contributed by atoms with Crippen LogP contribution in [0.4, 0.5) is 10.1 Å². The van der Waals surface area contributed by atoms with E-state index >= 15 is 0 Å². The Kier molecular flexibility index (Phi) is 3.56. The lowest BCUT2D eigenvalue weighted by atomic mass is 10.0. The van der Waals surface area contributed by atoms with E-state index in [9.17, 15) is 14.5 Å². The van der Waals surface area contributed by atoms with Gasteiger partial charge in [-0.1, -0.05) is 11.6 Å². The molecule has 0 amide bonds. The van der Waals surface area contributed by atoms with Crippen molar-refractivity contribution in [3.8, 4) is 11.1 Å². The maximum absolute atomic E-state index is 13.7. The highest BCUT2D eigenvalue weighted by Gasteiger charge is 2.18. The van der Waals surface area contributed by atoms with E-state index in [0.29, 0.717) is 27.9 Å². The van der Waals surface area contributed by atoms with Crippen LogP contribution in [0.1, 0.15) is 5.76 Å². The first-order valence-electron chi connectivity index (χ1n) is 6.36. The molecule has 2 N–H and O–H groups in total. The molecule has 3 rings (SSSR count). The summed E-state index contributed by atoms with van der Waals surface area (Å²) in [4.78, 5) is 10.2. The Balaban J connectivity index is 2.24. The van der Waals surface area contributed by atoms with Crippen molar-refractivity contribution in [2.24, 2.45) is 5.73 Å². The Morgan fingerprint density at radius 1 is 1.27 bits per heavy atom. The van der Waals surface area contributed by atoms with Gasteiger partial charge in [0.15, 0.2) is 0 Å². The van der Waals surface area contributed by atoms with Crippen molar-refractivity contribution in [3.05, 3.63) is 63.1 Å². The number of nitro groups is 1. The molecular weight excluding hydrogens is 311 g/mol. The second kappa shape index (κ2) is 5.40. The highest BCUT2D eigenvalue weighted by molar-refractivity contribution is 6.31. The summed E-state index contributed by atoms with van der Waals surface area (Å²) in [5, 5.41) is 11.2. The standard InChI is InChI=1S/C15H10ClFN2O3/c16-11-6-13-10(5-12(11)17)15(14(7-18)22-13)8-1-3-9(4-2-8)19(20)21/h1-6H,7,18H2. The summed E-state index contributed by atoms with van der Waals surface area (Å²) in [6, 6.07) is 8.57. The summed E-state index contributed by atoms with van der Waals surface area (Å²) < 4.78 is 19.3. The largest absolute Gasteiger partial charge is 0.459 e. The predicted octanol–water partition coefficient (Wildman–Crippen LogP) is 4.26. The molecule has 0 aliphatic carbocycles. The smallest absolute Gasteiger partial charge is 0.269 e. The molecule has 0 spiro atoms. The van der Waals surface area contributed by atoms with Gasteiger partial charge in [0, 0.05) is 29.1 Å². The third kappa shape index (κ3) is 2.32. The molecule has 0 atom stereocenters. The summed E-state index contributed by atoms with van der Waals surface area (Å²) in [5.74, 6) is -0.104. The second-order valence-corrected chi connectivity index (χ2v) is 5.08. The van der Waals surface area contributed by atoms with Crippen molar-refractivity contribution < 1.29 is 13.7 Å². The minimum absolute atomic E-state index is 0.0277.